The van der Waals surface area contributed by atoms with E-state index in [2.05, 4.69) is 11.6 Å². The predicted molar refractivity (Wildman–Crippen MR) is 79.9 cm³/mol. The zero-order valence-electron chi connectivity index (χ0n) is 12.7. The topological polar surface area (TPSA) is 93.9 Å². The van der Waals surface area contributed by atoms with Crippen LogP contribution in [-0.2, 0) is 19.7 Å². The maximum atomic E-state index is 12.4. The first-order valence-corrected chi connectivity index (χ1v) is 9.21. The Bertz CT molecular complexity index is 413. The number of nitrogens with two attached hydrogens (primary N) is 1. The summed E-state index contributed by atoms with van der Waals surface area (Å²) in [4.78, 5) is 0. The van der Waals surface area contributed by atoms with Gasteiger partial charge in [0.25, 0.3) is 10.2 Å². The second-order valence-corrected chi connectivity index (χ2v) is 7.41. The lowest BCUT2D eigenvalue weighted by Gasteiger charge is -2.37. The summed E-state index contributed by atoms with van der Waals surface area (Å²) in [5.41, 5.74) is 5.66. The number of rotatable bonds is 7. The fraction of sp³-hybridized carbons (Fsp3) is 1.00. The van der Waals surface area contributed by atoms with E-state index >= 15 is 0 Å². The molecule has 2 heterocycles. The van der Waals surface area contributed by atoms with Crippen molar-refractivity contribution in [1.82, 2.24) is 9.03 Å². The Morgan fingerprint density at radius 1 is 1.29 bits per heavy atom. The third kappa shape index (κ3) is 4.37. The average molecular weight is 321 g/mol. The Balaban J connectivity index is 1.88. The lowest BCUT2D eigenvalue weighted by atomic mass is 10.1. The highest BCUT2D eigenvalue weighted by atomic mass is 32.2. The van der Waals surface area contributed by atoms with E-state index < -0.39 is 16.0 Å². The first-order valence-electron chi connectivity index (χ1n) is 7.77. The molecular weight excluding hydrogens is 294 g/mol. The van der Waals surface area contributed by atoms with Crippen LogP contribution in [0.2, 0.25) is 0 Å². The van der Waals surface area contributed by atoms with Crippen LogP contribution in [0, 0.1) is 0 Å². The van der Waals surface area contributed by atoms with E-state index in [1.165, 1.54) is 4.31 Å². The summed E-state index contributed by atoms with van der Waals surface area (Å²) in [5, 5.41) is 0. The Hall–Kier alpha value is -0.250. The molecule has 0 bridgehead atoms. The van der Waals surface area contributed by atoms with Gasteiger partial charge in [-0.05, 0) is 6.42 Å². The number of piperidine rings is 1. The predicted octanol–water partition coefficient (Wildman–Crippen LogP) is 0.177. The molecule has 21 heavy (non-hydrogen) atoms. The molecule has 2 fully saturated rings. The van der Waals surface area contributed by atoms with E-state index in [0.717, 1.165) is 19.3 Å². The van der Waals surface area contributed by atoms with Crippen molar-refractivity contribution in [3.63, 3.8) is 0 Å². The van der Waals surface area contributed by atoms with Gasteiger partial charge in [0.15, 0.2) is 5.79 Å². The lowest BCUT2D eigenvalue weighted by molar-refractivity contribution is -0.179. The van der Waals surface area contributed by atoms with Gasteiger partial charge < -0.3 is 15.2 Å². The van der Waals surface area contributed by atoms with Gasteiger partial charge in [-0.2, -0.15) is 17.4 Å². The standard InChI is InChI=1S/C13H27N3O4S/c1-2-3-4-12(11-14)15-21(17,18)16-7-5-13(6-8-16)19-9-10-20-13/h12,15H,2-11,14H2,1H3. The smallest absolute Gasteiger partial charge is 0.279 e. The van der Waals surface area contributed by atoms with Crippen LogP contribution < -0.4 is 10.5 Å². The van der Waals surface area contributed by atoms with Gasteiger partial charge >= 0.3 is 0 Å². The van der Waals surface area contributed by atoms with Crippen molar-refractivity contribution < 1.29 is 17.9 Å². The van der Waals surface area contributed by atoms with E-state index in [9.17, 15) is 8.42 Å². The molecule has 1 atom stereocenters. The summed E-state index contributed by atoms with van der Waals surface area (Å²) < 4.78 is 40.2. The molecule has 124 valence electrons. The monoisotopic (exact) mass is 321 g/mol. The van der Waals surface area contributed by atoms with Gasteiger partial charge in [0.05, 0.1) is 13.2 Å². The van der Waals surface area contributed by atoms with E-state index in [0.29, 0.717) is 45.7 Å². The van der Waals surface area contributed by atoms with Gasteiger partial charge in [-0.25, -0.2) is 0 Å². The molecule has 0 aromatic rings. The van der Waals surface area contributed by atoms with Crippen LogP contribution in [0.15, 0.2) is 0 Å². The number of hydrogen-bond donors (Lipinski definition) is 2. The number of nitrogens with one attached hydrogen (secondary N) is 1. The molecule has 2 aliphatic heterocycles. The minimum Gasteiger partial charge on any atom is -0.347 e. The number of hydrogen-bond acceptors (Lipinski definition) is 5. The summed E-state index contributed by atoms with van der Waals surface area (Å²) >= 11 is 0. The molecule has 2 rings (SSSR count). The highest BCUT2D eigenvalue weighted by Crippen LogP contribution is 2.31. The average Bonchev–Trinajstić information content (AvgIpc) is 2.92. The zero-order chi connectivity index (χ0) is 15.3. The van der Waals surface area contributed by atoms with Gasteiger partial charge in [-0.15, -0.1) is 0 Å². The molecule has 8 heteroatoms. The highest BCUT2D eigenvalue weighted by Gasteiger charge is 2.42. The number of nitrogens with zero attached hydrogens (tertiary/aromatic N) is 1. The van der Waals surface area contributed by atoms with Crippen LogP contribution in [0.4, 0.5) is 0 Å². The zero-order valence-corrected chi connectivity index (χ0v) is 13.5. The van der Waals surface area contributed by atoms with Gasteiger partial charge in [0.2, 0.25) is 0 Å². The van der Waals surface area contributed by atoms with Gasteiger partial charge in [-0.3, -0.25) is 0 Å². The van der Waals surface area contributed by atoms with Crippen LogP contribution in [-0.4, -0.2) is 57.4 Å². The normalized spacial score (nSPS) is 24.5. The second kappa shape index (κ2) is 7.34. The van der Waals surface area contributed by atoms with Crippen molar-refractivity contribution in [3.8, 4) is 0 Å². The quantitative estimate of drug-likeness (QED) is 0.697. The first kappa shape index (κ1) is 17.1. The van der Waals surface area contributed by atoms with Gasteiger partial charge in [0.1, 0.15) is 0 Å². The third-order valence-corrected chi connectivity index (χ3v) is 5.82. The van der Waals surface area contributed by atoms with E-state index in [1.807, 2.05) is 0 Å². The minimum absolute atomic E-state index is 0.190. The van der Waals surface area contributed by atoms with Crippen LogP contribution in [0.25, 0.3) is 0 Å². The number of unbranched alkanes of at least 4 members (excludes halogenated alkanes) is 1. The Kier molecular flexibility index (Phi) is 5.98. The van der Waals surface area contributed by atoms with Crippen LogP contribution >= 0.6 is 0 Å². The second-order valence-electron chi connectivity index (χ2n) is 5.70. The van der Waals surface area contributed by atoms with Crippen LogP contribution in [0.1, 0.15) is 39.0 Å². The molecule has 0 aromatic heterocycles. The molecule has 3 N–H and O–H groups in total. The van der Waals surface area contributed by atoms with E-state index in [1.54, 1.807) is 0 Å². The van der Waals surface area contributed by atoms with Crippen molar-refractivity contribution in [2.75, 3.05) is 32.8 Å². The highest BCUT2D eigenvalue weighted by molar-refractivity contribution is 7.87. The summed E-state index contributed by atoms with van der Waals surface area (Å²) in [7, 11) is -3.48. The molecule has 1 spiro atoms. The van der Waals surface area contributed by atoms with E-state index in [4.69, 9.17) is 15.2 Å². The summed E-state index contributed by atoms with van der Waals surface area (Å²) in [5.74, 6) is -0.554. The number of ether oxygens (including phenoxy) is 2. The maximum absolute atomic E-state index is 12.4. The molecule has 0 aromatic carbocycles. The molecule has 0 radical (unpaired) electrons. The molecule has 0 saturated carbocycles. The van der Waals surface area contributed by atoms with Crippen molar-refractivity contribution in [1.29, 1.82) is 0 Å². The molecular formula is C13H27N3O4S. The van der Waals surface area contributed by atoms with Crippen molar-refractivity contribution in [2.45, 2.75) is 50.9 Å². The van der Waals surface area contributed by atoms with Gasteiger partial charge in [0, 0.05) is 38.5 Å². The molecule has 2 saturated heterocycles. The Labute approximate surface area is 127 Å². The fourth-order valence-corrected chi connectivity index (χ4v) is 4.26. The molecule has 2 aliphatic rings. The van der Waals surface area contributed by atoms with Crippen LogP contribution in [0.3, 0.4) is 0 Å². The summed E-state index contributed by atoms with van der Waals surface area (Å²) in [6.45, 7) is 4.42. The van der Waals surface area contributed by atoms with E-state index in [-0.39, 0.29) is 6.04 Å². The molecule has 0 aliphatic carbocycles. The molecule has 7 nitrogen and oxygen atoms in total. The van der Waals surface area contributed by atoms with Crippen molar-refractivity contribution in [3.05, 3.63) is 0 Å². The first-order chi connectivity index (χ1) is 10.0. The Morgan fingerprint density at radius 3 is 2.43 bits per heavy atom. The molecule has 1 unspecified atom stereocenters. The lowest BCUT2D eigenvalue weighted by Crippen LogP contribution is -2.53. The van der Waals surface area contributed by atoms with Gasteiger partial charge in [-0.1, -0.05) is 19.8 Å². The SMILES string of the molecule is CCCCC(CN)NS(=O)(=O)N1CCC2(CC1)OCCO2. The summed E-state index contributed by atoms with van der Waals surface area (Å²) in [6, 6.07) is -0.190. The Morgan fingerprint density at radius 2 is 1.90 bits per heavy atom. The summed E-state index contributed by atoms with van der Waals surface area (Å²) in [6.07, 6.45) is 3.93. The fourth-order valence-electron chi connectivity index (χ4n) is 2.81. The third-order valence-electron chi connectivity index (χ3n) is 4.14. The molecule has 0 amide bonds. The van der Waals surface area contributed by atoms with Crippen molar-refractivity contribution >= 4 is 10.2 Å². The maximum Gasteiger partial charge on any atom is 0.279 e. The van der Waals surface area contributed by atoms with Crippen LogP contribution in [0.5, 0.6) is 0 Å². The van der Waals surface area contributed by atoms with Crippen molar-refractivity contribution in [2.24, 2.45) is 5.73 Å². The largest absolute Gasteiger partial charge is 0.347 e. The minimum atomic E-state index is -3.48.